The van der Waals surface area contributed by atoms with E-state index in [0.717, 1.165) is 5.56 Å². The van der Waals surface area contributed by atoms with E-state index in [1.165, 1.54) is 22.9 Å². The summed E-state index contributed by atoms with van der Waals surface area (Å²) < 4.78 is 0. The molecule has 3 amide bonds. The number of rotatable bonds is 8. The molecule has 2 aromatic carbocycles. The highest BCUT2D eigenvalue weighted by atomic mass is 16.4. The van der Waals surface area contributed by atoms with Gasteiger partial charge in [-0.25, -0.2) is 4.79 Å². The van der Waals surface area contributed by atoms with Crippen LogP contribution in [0.4, 0.5) is 0 Å². The monoisotopic (exact) mass is 451 g/mol. The first-order chi connectivity index (χ1) is 15.8. The highest BCUT2D eigenvalue weighted by Crippen LogP contribution is 2.24. The second-order valence-corrected chi connectivity index (χ2v) is 7.65. The lowest BCUT2D eigenvalue weighted by molar-refractivity contribution is -0.148. The van der Waals surface area contributed by atoms with Crippen molar-refractivity contribution < 1.29 is 29.4 Å². The van der Waals surface area contributed by atoms with E-state index < -0.39 is 36.5 Å². The molecule has 1 aliphatic heterocycles. The quantitative estimate of drug-likeness (QED) is 0.546. The van der Waals surface area contributed by atoms with Gasteiger partial charge in [0.15, 0.2) is 6.10 Å². The van der Waals surface area contributed by atoms with E-state index in [-0.39, 0.29) is 18.9 Å². The Labute approximate surface area is 190 Å². The lowest BCUT2D eigenvalue weighted by Crippen LogP contribution is -2.53. The fourth-order valence-electron chi connectivity index (χ4n) is 3.52. The van der Waals surface area contributed by atoms with E-state index in [1.54, 1.807) is 60.7 Å². The maximum absolute atomic E-state index is 12.9. The van der Waals surface area contributed by atoms with E-state index in [0.29, 0.717) is 11.3 Å². The number of carboxylic acids is 1. The predicted octanol–water partition coefficient (Wildman–Crippen LogP) is 0.849. The number of hydrogen-bond donors (Lipinski definition) is 3. The lowest BCUT2D eigenvalue weighted by Gasteiger charge is -2.33. The summed E-state index contributed by atoms with van der Waals surface area (Å²) in [5.74, 6) is -2.87. The molecule has 0 bridgehead atoms. The van der Waals surface area contributed by atoms with Gasteiger partial charge in [0.2, 0.25) is 17.7 Å². The molecule has 172 valence electrons. The van der Waals surface area contributed by atoms with E-state index in [2.05, 4.69) is 5.32 Å². The lowest BCUT2D eigenvalue weighted by atomic mass is 10.0. The molecule has 9 nitrogen and oxygen atoms in total. The Bertz CT molecular complexity index is 1050. The van der Waals surface area contributed by atoms with Crippen molar-refractivity contribution in [3.8, 4) is 0 Å². The first kappa shape index (κ1) is 23.7. The average Bonchev–Trinajstić information content (AvgIpc) is 2.80. The summed E-state index contributed by atoms with van der Waals surface area (Å²) in [6.07, 6.45) is -0.225. The van der Waals surface area contributed by atoms with Crippen LogP contribution < -0.4 is 5.32 Å². The number of nitrogens with zero attached hydrogens (tertiary/aromatic N) is 2. The van der Waals surface area contributed by atoms with Gasteiger partial charge in [-0.05, 0) is 17.5 Å². The first-order valence-electron chi connectivity index (χ1n) is 10.3. The van der Waals surface area contributed by atoms with Crippen LogP contribution in [0.5, 0.6) is 0 Å². The Morgan fingerprint density at radius 1 is 1.03 bits per heavy atom. The molecule has 1 aliphatic rings. The molecule has 0 radical (unpaired) electrons. The second kappa shape index (κ2) is 10.6. The summed E-state index contributed by atoms with van der Waals surface area (Å²) in [7, 11) is 0. The molecule has 1 unspecified atom stereocenters. The fraction of sp³-hybridized carbons (Fsp3) is 0.250. The summed E-state index contributed by atoms with van der Waals surface area (Å²) in [6.45, 7) is 0.726. The molecule has 3 rings (SSSR count). The van der Waals surface area contributed by atoms with Crippen molar-refractivity contribution in [2.24, 2.45) is 0 Å². The minimum atomic E-state index is -1.83. The molecule has 0 spiro atoms. The Hall–Kier alpha value is -3.98. The number of aliphatic carboxylic acids is 1. The van der Waals surface area contributed by atoms with Gasteiger partial charge in [-0.3, -0.25) is 19.3 Å². The summed E-state index contributed by atoms with van der Waals surface area (Å²) in [6, 6.07) is 16.6. The summed E-state index contributed by atoms with van der Waals surface area (Å²) in [4.78, 5) is 51.4. The Morgan fingerprint density at radius 2 is 1.64 bits per heavy atom. The van der Waals surface area contributed by atoms with Gasteiger partial charge < -0.3 is 20.4 Å². The third kappa shape index (κ3) is 6.05. The predicted molar refractivity (Wildman–Crippen MR) is 119 cm³/mol. The van der Waals surface area contributed by atoms with Gasteiger partial charge in [-0.15, -0.1) is 0 Å². The van der Waals surface area contributed by atoms with Gasteiger partial charge in [0.25, 0.3) is 0 Å². The van der Waals surface area contributed by atoms with Gasteiger partial charge in [0.05, 0.1) is 11.7 Å². The van der Waals surface area contributed by atoms with Crippen LogP contribution >= 0.6 is 0 Å². The number of carboxylic acid groups (broad SMARTS) is 1. The number of aliphatic hydroxyl groups excluding tert-OH is 1. The number of carbonyl (C=O) groups excluding carboxylic acids is 3. The molecule has 33 heavy (non-hydrogen) atoms. The van der Waals surface area contributed by atoms with E-state index in [9.17, 15) is 29.4 Å². The zero-order valence-corrected chi connectivity index (χ0v) is 18.0. The van der Waals surface area contributed by atoms with Crippen LogP contribution in [-0.4, -0.2) is 68.9 Å². The largest absolute Gasteiger partial charge is 0.479 e. The number of aliphatic hydroxyl groups is 1. The van der Waals surface area contributed by atoms with Crippen molar-refractivity contribution >= 4 is 29.4 Å². The smallest absolute Gasteiger partial charge is 0.334 e. The highest BCUT2D eigenvalue weighted by Gasteiger charge is 2.32. The van der Waals surface area contributed by atoms with Crippen LogP contribution in [0.3, 0.4) is 0 Å². The molecular formula is C24H25N3O6. The van der Waals surface area contributed by atoms with E-state index in [4.69, 9.17) is 0 Å². The zero-order chi connectivity index (χ0) is 24.0. The highest BCUT2D eigenvalue weighted by molar-refractivity contribution is 5.97. The summed E-state index contributed by atoms with van der Waals surface area (Å²) in [5.41, 5.74) is 1.74. The van der Waals surface area contributed by atoms with Crippen LogP contribution in [0.25, 0.3) is 5.70 Å². The molecular weight excluding hydrogens is 426 g/mol. The molecule has 2 atom stereocenters. The standard InChI is InChI=1S/C24H25N3O6/c1-16(28)26-13-20(18-10-6-3-7-11-18)27(22(30)15-26)14-21(29)25-19(23(31)24(32)33)12-17-8-4-2-5-9-17/h2-11,13,19,23,31H,12,14-15H2,1H3,(H,25,29)(H,32,33)/t19-,23?/m0/s1. The van der Waals surface area contributed by atoms with Gasteiger partial charge in [-0.1, -0.05) is 60.7 Å². The summed E-state index contributed by atoms with van der Waals surface area (Å²) in [5, 5.41) is 21.9. The maximum Gasteiger partial charge on any atom is 0.334 e. The fourth-order valence-corrected chi connectivity index (χ4v) is 3.52. The number of carbonyl (C=O) groups is 4. The topological polar surface area (TPSA) is 127 Å². The second-order valence-electron chi connectivity index (χ2n) is 7.65. The Morgan fingerprint density at radius 3 is 2.21 bits per heavy atom. The minimum absolute atomic E-state index is 0.0908. The van der Waals surface area contributed by atoms with Crippen LogP contribution in [0.15, 0.2) is 66.9 Å². The van der Waals surface area contributed by atoms with Crippen LogP contribution in [0.2, 0.25) is 0 Å². The molecule has 9 heteroatoms. The molecule has 0 aromatic heterocycles. The maximum atomic E-state index is 12.9. The third-order valence-corrected chi connectivity index (χ3v) is 5.23. The molecule has 2 aromatic rings. The van der Waals surface area contributed by atoms with Crippen molar-refractivity contribution in [3.05, 3.63) is 78.0 Å². The van der Waals surface area contributed by atoms with Gasteiger partial charge in [0.1, 0.15) is 13.1 Å². The van der Waals surface area contributed by atoms with Crippen molar-refractivity contribution in [2.75, 3.05) is 13.1 Å². The molecule has 0 aliphatic carbocycles. The van der Waals surface area contributed by atoms with Crippen molar-refractivity contribution in [1.29, 1.82) is 0 Å². The average molecular weight is 451 g/mol. The number of benzene rings is 2. The molecule has 3 N–H and O–H groups in total. The normalized spacial score (nSPS) is 15.5. The van der Waals surface area contributed by atoms with E-state index in [1.807, 2.05) is 0 Å². The zero-order valence-electron chi connectivity index (χ0n) is 18.0. The molecule has 0 fully saturated rings. The number of nitrogens with one attached hydrogen (secondary N) is 1. The van der Waals surface area contributed by atoms with E-state index >= 15 is 0 Å². The van der Waals surface area contributed by atoms with Crippen LogP contribution in [-0.2, 0) is 25.6 Å². The minimum Gasteiger partial charge on any atom is -0.479 e. The first-order valence-corrected chi connectivity index (χ1v) is 10.3. The number of hydrogen-bond acceptors (Lipinski definition) is 5. The van der Waals surface area contributed by atoms with Crippen LogP contribution in [0.1, 0.15) is 18.1 Å². The molecule has 1 heterocycles. The number of amides is 3. The SMILES string of the molecule is CC(=O)N1C=C(c2ccccc2)N(CC(=O)N[C@@H](Cc2ccccc2)C(O)C(=O)O)C(=O)C1. The Kier molecular flexibility index (Phi) is 7.57. The molecule has 0 saturated carbocycles. The van der Waals surface area contributed by atoms with Crippen LogP contribution in [0, 0.1) is 0 Å². The van der Waals surface area contributed by atoms with Gasteiger partial charge in [0, 0.05) is 13.1 Å². The van der Waals surface area contributed by atoms with Gasteiger partial charge in [-0.2, -0.15) is 0 Å². The van der Waals surface area contributed by atoms with Crippen molar-refractivity contribution in [2.45, 2.75) is 25.5 Å². The van der Waals surface area contributed by atoms with Crippen molar-refractivity contribution in [3.63, 3.8) is 0 Å². The summed E-state index contributed by atoms with van der Waals surface area (Å²) >= 11 is 0. The van der Waals surface area contributed by atoms with Gasteiger partial charge >= 0.3 is 5.97 Å². The van der Waals surface area contributed by atoms with Crippen molar-refractivity contribution in [1.82, 2.24) is 15.1 Å². The third-order valence-electron chi connectivity index (χ3n) is 5.23. The molecule has 0 saturated heterocycles. The Balaban J connectivity index is 1.82.